The minimum absolute atomic E-state index is 0.304. The smallest absolute Gasteiger partial charge is 0.252 e. The van der Waals surface area contributed by atoms with Crippen molar-refractivity contribution in [1.29, 1.82) is 0 Å². The van der Waals surface area contributed by atoms with E-state index in [0.717, 1.165) is 35.2 Å². The van der Waals surface area contributed by atoms with Gasteiger partial charge in [0, 0.05) is 29.4 Å². The molecule has 5 N–H and O–H groups in total. The molecule has 4 rings (SSSR count). The summed E-state index contributed by atoms with van der Waals surface area (Å²) in [5.74, 6) is 0.648. The Balaban J connectivity index is 1.61. The van der Waals surface area contributed by atoms with E-state index in [1.807, 2.05) is 43.4 Å². The third-order valence-electron chi connectivity index (χ3n) is 5.50. The van der Waals surface area contributed by atoms with Crippen molar-refractivity contribution in [3.05, 3.63) is 54.2 Å². The molecule has 0 aliphatic heterocycles. The SMILES string of the molecule is CN[C@H]1CCCCC1Nc1ccc(C(N)=O)c(Nc2ccc3cccnc3c2)n1. The van der Waals surface area contributed by atoms with Gasteiger partial charge in [0.1, 0.15) is 11.6 Å². The van der Waals surface area contributed by atoms with Crippen LogP contribution in [-0.2, 0) is 0 Å². The number of rotatable bonds is 6. The molecule has 0 bridgehead atoms. The molecule has 1 aliphatic carbocycles. The van der Waals surface area contributed by atoms with E-state index in [0.29, 0.717) is 23.5 Å². The zero-order valence-electron chi connectivity index (χ0n) is 16.5. The van der Waals surface area contributed by atoms with Crippen LogP contribution in [0.5, 0.6) is 0 Å². The van der Waals surface area contributed by atoms with Gasteiger partial charge in [-0.3, -0.25) is 9.78 Å². The molecule has 1 aromatic carbocycles. The van der Waals surface area contributed by atoms with E-state index in [-0.39, 0.29) is 0 Å². The zero-order chi connectivity index (χ0) is 20.2. The van der Waals surface area contributed by atoms with E-state index in [4.69, 9.17) is 5.73 Å². The Morgan fingerprint density at radius 3 is 2.72 bits per heavy atom. The lowest BCUT2D eigenvalue weighted by molar-refractivity contribution is 0.100. The Kier molecular flexibility index (Phi) is 5.57. The van der Waals surface area contributed by atoms with Crippen molar-refractivity contribution >= 4 is 34.1 Å². The lowest BCUT2D eigenvalue weighted by Gasteiger charge is -2.32. The molecular formula is C22H26N6O. The number of nitrogens with zero attached hydrogens (tertiary/aromatic N) is 2. The lowest BCUT2D eigenvalue weighted by atomic mass is 9.90. The summed E-state index contributed by atoms with van der Waals surface area (Å²) in [4.78, 5) is 21.0. The fraction of sp³-hybridized carbons (Fsp3) is 0.318. The minimum Gasteiger partial charge on any atom is -0.366 e. The molecule has 0 spiro atoms. The molecule has 2 atom stereocenters. The fourth-order valence-electron chi connectivity index (χ4n) is 3.95. The predicted octanol–water partition coefficient (Wildman–Crippen LogP) is 3.41. The van der Waals surface area contributed by atoms with Gasteiger partial charge in [-0.05, 0) is 50.2 Å². The summed E-state index contributed by atoms with van der Waals surface area (Å²) in [5.41, 5.74) is 7.59. The quantitative estimate of drug-likeness (QED) is 0.514. The van der Waals surface area contributed by atoms with E-state index in [2.05, 4.69) is 25.9 Å². The van der Waals surface area contributed by atoms with Gasteiger partial charge in [0.15, 0.2) is 0 Å². The van der Waals surface area contributed by atoms with Crippen molar-refractivity contribution in [1.82, 2.24) is 15.3 Å². The number of nitrogens with one attached hydrogen (secondary N) is 3. The van der Waals surface area contributed by atoms with Crippen LogP contribution in [-0.4, -0.2) is 35.0 Å². The molecule has 1 aliphatic rings. The van der Waals surface area contributed by atoms with E-state index < -0.39 is 5.91 Å². The Bertz CT molecular complexity index is 1020. The molecule has 7 nitrogen and oxygen atoms in total. The maximum absolute atomic E-state index is 11.9. The van der Waals surface area contributed by atoms with Gasteiger partial charge >= 0.3 is 0 Å². The normalized spacial score (nSPS) is 19.1. The molecule has 2 aromatic heterocycles. The highest BCUT2D eigenvalue weighted by molar-refractivity contribution is 5.98. The molecule has 7 heteroatoms. The van der Waals surface area contributed by atoms with Crippen LogP contribution in [0.4, 0.5) is 17.3 Å². The number of amides is 1. The van der Waals surface area contributed by atoms with Crippen LogP contribution in [0.2, 0.25) is 0 Å². The maximum Gasteiger partial charge on any atom is 0.252 e. The number of anilines is 3. The number of carbonyl (C=O) groups is 1. The highest BCUT2D eigenvalue weighted by atomic mass is 16.1. The number of hydrogen-bond donors (Lipinski definition) is 4. The van der Waals surface area contributed by atoms with Gasteiger partial charge in [0.25, 0.3) is 5.91 Å². The van der Waals surface area contributed by atoms with Crippen LogP contribution in [0.25, 0.3) is 10.9 Å². The summed E-state index contributed by atoms with van der Waals surface area (Å²) in [6.07, 6.45) is 6.42. The Labute approximate surface area is 170 Å². The number of carbonyl (C=O) groups excluding carboxylic acids is 1. The summed E-state index contributed by atoms with van der Waals surface area (Å²) in [6.45, 7) is 0. The molecule has 3 aromatic rings. The summed E-state index contributed by atoms with van der Waals surface area (Å²) in [5, 5.41) is 11.2. The first-order valence-electron chi connectivity index (χ1n) is 10.0. The fourth-order valence-corrected chi connectivity index (χ4v) is 3.95. The number of hydrogen-bond acceptors (Lipinski definition) is 6. The van der Waals surface area contributed by atoms with Crippen LogP contribution in [0, 0.1) is 0 Å². The second kappa shape index (κ2) is 8.45. The molecule has 1 fully saturated rings. The van der Waals surface area contributed by atoms with Crippen LogP contribution in [0.15, 0.2) is 48.7 Å². The van der Waals surface area contributed by atoms with Crippen molar-refractivity contribution in [2.24, 2.45) is 5.73 Å². The number of fused-ring (bicyclic) bond motifs is 1. The summed E-state index contributed by atoms with van der Waals surface area (Å²) < 4.78 is 0. The maximum atomic E-state index is 11.9. The molecule has 1 amide bonds. The Morgan fingerprint density at radius 1 is 1.10 bits per heavy atom. The monoisotopic (exact) mass is 390 g/mol. The highest BCUT2D eigenvalue weighted by Crippen LogP contribution is 2.26. The van der Waals surface area contributed by atoms with Crippen molar-refractivity contribution < 1.29 is 4.79 Å². The zero-order valence-corrected chi connectivity index (χ0v) is 16.5. The molecule has 1 unspecified atom stereocenters. The van der Waals surface area contributed by atoms with Crippen LogP contribution >= 0.6 is 0 Å². The Hall–Kier alpha value is -3.19. The standard InChI is InChI=1S/C22H26N6O/c1-24-17-6-2-3-7-18(17)27-20-11-10-16(21(23)29)22(28-20)26-15-9-8-14-5-4-12-25-19(14)13-15/h4-5,8-13,17-18,24H,2-3,6-7H2,1H3,(H2,23,29)(H2,26,27,28)/t17-,18?/m0/s1. The summed E-state index contributed by atoms with van der Waals surface area (Å²) in [6, 6.07) is 14.0. The van der Waals surface area contributed by atoms with Gasteiger partial charge in [0.2, 0.25) is 0 Å². The number of pyridine rings is 2. The summed E-state index contributed by atoms with van der Waals surface area (Å²) >= 11 is 0. The first-order chi connectivity index (χ1) is 14.1. The van der Waals surface area contributed by atoms with E-state index in [9.17, 15) is 4.79 Å². The van der Waals surface area contributed by atoms with Gasteiger partial charge < -0.3 is 21.7 Å². The predicted molar refractivity (Wildman–Crippen MR) is 117 cm³/mol. The topological polar surface area (TPSA) is 105 Å². The van der Waals surface area contributed by atoms with Gasteiger partial charge in [-0.25, -0.2) is 4.98 Å². The molecular weight excluding hydrogens is 364 g/mol. The van der Waals surface area contributed by atoms with Gasteiger partial charge in [0.05, 0.1) is 11.1 Å². The molecule has 29 heavy (non-hydrogen) atoms. The van der Waals surface area contributed by atoms with Crippen LogP contribution in [0.1, 0.15) is 36.0 Å². The van der Waals surface area contributed by atoms with Crippen LogP contribution < -0.4 is 21.7 Å². The highest BCUT2D eigenvalue weighted by Gasteiger charge is 2.24. The first-order valence-corrected chi connectivity index (χ1v) is 10.0. The van der Waals surface area contributed by atoms with Crippen LogP contribution in [0.3, 0.4) is 0 Å². The van der Waals surface area contributed by atoms with E-state index in [1.54, 1.807) is 12.3 Å². The first kappa shape index (κ1) is 19.1. The molecule has 2 heterocycles. The third-order valence-corrected chi connectivity index (χ3v) is 5.50. The van der Waals surface area contributed by atoms with Crippen molar-refractivity contribution in [3.8, 4) is 0 Å². The van der Waals surface area contributed by atoms with Crippen molar-refractivity contribution in [2.45, 2.75) is 37.8 Å². The largest absolute Gasteiger partial charge is 0.366 e. The van der Waals surface area contributed by atoms with E-state index >= 15 is 0 Å². The number of likely N-dealkylation sites (N-methyl/N-ethyl adjacent to an activating group) is 1. The average Bonchev–Trinajstić information content (AvgIpc) is 2.74. The van der Waals surface area contributed by atoms with Crippen molar-refractivity contribution in [2.75, 3.05) is 17.7 Å². The number of benzene rings is 1. The van der Waals surface area contributed by atoms with Gasteiger partial charge in [-0.1, -0.05) is 25.0 Å². The Morgan fingerprint density at radius 2 is 1.93 bits per heavy atom. The molecule has 1 saturated carbocycles. The summed E-state index contributed by atoms with van der Waals surface area (Å²) in [7, 11) is 2.00. The number of aromatic nitrogens is 2. The lowest BCUT2D eigenvalue weighted by Crippen LogP contribution is -2.44. The van der Waals surface area contributed by atoms with Gasteiger partial charge in [-0.2, -0.15) is 0 Å². The molecule has 150 valence electrons. The van der Waals surface area contributed by atoms with Gasteiger partial charge in [-0.15, -0.1) is 0 Å². The number of nitrogens with two attached hydrogens (primary N) is 1. The second-order valence-electron chi connectivity index (χ2n) is 7.42. The molecule has 0 radical (unpaired) electrons. The van der Waals surface area contributed by atoms with Crippen molar-refractivity contribution in [3.63, 3.8) is 0 Å². The number of primary amides is 1. The third kappa shape index (κ3) is 4.30. The van der Waals surface area contributed by atoms with E-state index in [1.165, 1.54) is 12.8 Å². The minimum atomic E-state index is -0.517. The molecule has 0 saturated heterocycles. The second-order valence-corrected chi connectivity index (χ2v) is 7.42. The average molecular weight is 390 g/mol.